The number of pyridine rings is 3. The fourth-order valence-electron chi connectivity index (χ4n) is 10.5. The molecule has 7 aromatic carbocycles. The van der Waals surface area contributed by atoms with Gasteiger partial charge >= 0.3 is 0 Å². The molecule has 0 amide bonds. The Morgan fingerprint density at radius 3 is 1.25 bits per heavy atom. The number of aromatic nitrogens is 4. The summed E-state index contributed by atoms with van der Waals surface area (Å²) in [6.45, 7) is 16.7. The molecule has 8 heteroatoms. The summed E-state index contributed by atoms with van der Waals surface area (Å²) in [4.78, 5) is 64.8. The molecule has 0 saturated carbocycles. The van der Waals surface area contributed by atoms with Crippen molar-refractivity contribution in [1.29, 1.82) is 0 Å². The average molecular weight is 775 g/mol. The highest BCUT2D eigenvalue weighted by Gasteiger charge is 2.30. The van der Waals surface area contributed by atoms with E-state index in [2.05, 4.69) is 60.4 Å². The van der Waals surface area contributed by atoms with Crippen LogP contribution in [-0.4, -0.2) is 18.5 Å². The molecule has 4 aromatic heterocycles. The third-order valence-electron chi connectivity index (χ3n) is 13.1. The molecule has 0 aliphatic heterocycles. The van der Waals surface area contributed by atoms with Gasteiger partial charge in [0.05, 0.1) is 40.3 Å². The van der Waals surface area contributed by atoms with Crippen LogP contribution in [0.25, 0.3) is 92.4 Å². The van der Waals surface area contributed by atoms with E-state index in [0.29, 0.717) is 43.7 Å². The smallest absolute Gasteiger partial charge is 0.266 e. The highest BCUT2D eigenvalue weighted by molar-refractivity contribution is 6.46. The van der Waals surface area contributed by atoms with Gasteiger partial charge in [-0.2, -0.15) is 0 Å². The Labute approximate surface area is 337 Å². The topological polar surface area (TPSA) is 95.4 Å². The maximum absolute atomic E-state index is 15.2. The van der Waals surface area contributed by atoms with E-state index >= 15 is 9.59 Å². The van der Waals surface area contributed by atoms with Gasteiger partial charge in [0.1, 0.15) is 0 Å². The lowest BCUT2D eigenvalue weighted by Gasteiger charge is -2.24. The maximum Gasteiger partial charge on any atom is 0.266 e. The quantitative estimate of drug-likeness (QED) is 0.124. The van der Waals surface area contributed by atoms with Gasteiger partial charge in [-0.15, -0.1) is 0 Å². The van der Waals surface area contributed by atoms with Gasteiger partial charge in [0.25, 0.3) is 22.2 Å². The molecule has 0 aliphatic rings. The van der Waals surface area contributed by atoms with Crippen LogP contribution in [0.4, 0.5) is 0 Å². The predicted molar refractivity (Wildman–Crippen MR) is 243 cm³/mol. The van der Waals surface area contributed by atoms with Crippen molar-refractivity contribution in [3.8, 4) is 11.4 Å². The lowest BCUT2D eigenvalue weighted by molar-refractivity contribution is 0.792. The number of hydrogen-bond donors (Lipinski definition) is 0. The minimum atomic E-state index is -0.361. The summed E-state index contributed by atoms with van der Waals surface area (Å²) >= 11 is 0. The van der Waals surface area contributed by atoms with Gasteiger partial charge in [0.15, 0.2) is 0 Å². The highest BCUT2D eigenvalue weighted by Crippen LogP contribution is 2.49. The number of imidazole rings is 1. The van der Waals surface area contributed by atoms with Crippen LogP contribution in [0.2, 0.25) is 0 Å². The average Bonchev–Trinajstić information content (AvgIpc) is 3.72. The molecule has 4 heterocycles. The zero-order valence-electron chi connectivity index (χ0n) is 34.3. The molecule has 0 fully saturated rings. The molecule has 0 unspecified atom stereocenters. The third-order valence-corrected chi connectivity index (χ3v) is 13.1. The second-order valence-electron chi connectivity index (χ2n) is 17.7. The molecule has 11 aromatic rings. The van der Waals surface area contributed by atoms with Crippen molar-refractivity contribution < 1.29 is 0 Å². The van der Waals surface area contributed by atoms with Gasteiger partial charge < -0.3 is 0 Å². The summed E-state index contributed by atoms with van der Waals surface area (Å²) in [5.74, 6) is 0.282. The Morgan fingerprint density at radius 1 is 0.407 bits per heavy atom. The van der Waals surface area contributed by atoms with Crippen LogP contribution in [0.15, 0.2) is 104 Å². The van der Waals surface area contributed by atoms with Crippen molar-refractivity contribution in [3.63, 3.8) is 0 Å². The van der Waals surface area contributed by atoms with Gasteiger partial charge in [0.2, 0.25) is 0 Å². The molecule has 59 heavy (non-hydrogen) atoms. The van der Waals surface area contributed by atoms with Crippen LogP contribution < -0.4 is 22.2 Å². The van der Waals surface area contributed by atoms with Gasteiger partial charge in [-0.3, -0.25) is 23.6 Å². The summed E-state index contributed by atoms with van der Waals surface area (Å²) in [5, 5.41) is 9.00. The Hall–Kier alpha value is -6.67. The van der Waals surface area contributed by atoms with Crippen molar-refractivity contribution in [2.75, 3.05) is 0 Å². The molecule has 0 bridgehead atoms. The zero-order chi connectivity index (χ0) is 41.1. The first-order valence-corrected chi connectivity index (χ1v) is 20.7. The Morgan fingerprint density at radius 2 is 0.797 bits per heavy atom. The molecule has 0 spiro atoms. The van der Waals surface area contributed by atoms with E-state index < -0.39 is 0 Å². The lowest BCUT2D eigenvalue weighted by atomic mass is 9.83. The van der Waals surface area contributed by atoms with E-state index in [-0.39, 0.29) is 45.9 Å². The van der Waals surface area contributed by atoms with Crippen molar-refractivity contribution in [2.24, 2.45) is 0 Å². The van der Waals surface area contributed by atoms with Crippen LogP contribution >= 0.6 is 0 Å². The highest BCUT2D eigenvalue weighted by atomic mass is 16.2. The van der Waals surface area contributed by atoms with Gasteiger partial charge in [-0.05, 0) is 86.3 Å². The summed E-state index contributed by atoms with van der Waals surface area (Å²) in [6.07, 6.45) is 3.55. The minimum Gasteiger partial charge on any atom is -0.298 e. The standard InChI is InChI=1S/C51H42N4O4/c1-23(2)27-11-9-12-28(24(3)4)46(27)54-48(56)33-17-15-31-32-16-18-34-41-37(51(59)55(49(34)57)47-29(25(5)6)13-10-14-30(47)26(7)8)20-38-45(43(32)41)44-35(39-21-52-22-53(38)39)19-36(50(54)58)40(33)42(31)44/h9-26H,1-8H3. The Balaban J connectivity index is 1.36. The van der Waals surface area contributed by atoms with Crippen LogP contribution in [-0.2, 0) is 0 Å². The lowest BCUT2D eigenvalue weighted by Crippen LogP contribution is -2.34. The number of rotatable bonds is 6. The molecule has 290 valence electrons. The van der Waals surface area contributed by atoms with E-state index in [4.69, 9.17) is 0 Å². The second-order valence-corrected chi connectivity index (χ2v) is 17.7. The first kappa shape index (κ1) is 35.5. The van der Waals surface area contributed by atoms with Crippen LogP contribution in [0, 0.1) is 0 Å². The van der Waals surface area contributed by atoms with Gasteiger partial charge in [0, 0.05) is 48.5 Å². The summed E-state index contributed by atoms with van der Waals surface area (Å²) < 4.78 is 4.82. The van der Waals surface area contributed by atoms with E-state index in [9.17, 15) is 9.59 Å². The monoisotopic (exact) mass is 774 g/mol. The van der Waals surface area contributed by atoms with Crippen LogP contribution in [0.1, 0.15) is 101 Å². The normalized spacial score (nSPS) is 12.9. The molecular formula is C51H42N4O4. The molecule has 0 atom stereocenters. The van der Waals surface area contributed by atoms with Crippen molar-refractivity contribution >= 4 is 81.1 Å². The molecule has 11 rings (SSSR count). The van der Waals surface area contributed by atoms with Crippen LogP contribution in [0.5, 0.6) is 0 Å². The molecular weight excluding hydrogens is 733 g/mol. The van der Waals surface area contributed by atoms with Gasteiger partial charge in [-0.1, -0.05) is 104 Å². The van der Waals surface area contributed by atoms with Crippen molar-refractivity contribution in [2.45, 2.75) is 79.1 Å². The fourth-order valence-corrected chi connectivity index (χ4v) is 10.5. The SMILES string of the molecule is CC(C)c1cccc(C(C)C)c1-n1c(=O)c2ccc3c4ccc5c(=O)n(-c6c(C(C)C)cccc6C(C)C)c(=O)c6cc7c(c4c56)c4c(cc(c1=O)c2c34)c1cncn17. The fraction of sp³-hybridized carbons (Fsp3) is 0.235. The largest absolute Gasteiger partial charge is 0.298 e. The number of benzene rings is 7. The number of fused-ring (bicyclic) bond motifs is 4. The Kier molecular flexibility index (Phi) is 7.19. The minimum absolute atomic E-state index is 0.0702. The Bertz CT molecular complexity index is 3530. The summed E-state index contributed by atoms with van der Waals surface area (Å²) in [6, 6.07) is 23.6. The number of para-hydroxylation sites is 2. The number of hydrogen-bond acceptors (Lipinski definition) is 5. The molecule has 0 radical (unpaired) electrons. The van der Waals surface area contributed by atoms with E-state index in [0.717, 1.165) is 71.0 Å². The molecule has 8 nitrogen and oxygen atoms in total. The second kappa shape index (κ2) is 11.9. The molecule has 0 aliphatic carbocycles. The van der Waals surface area contributed by atoms with E-state index in [1.165, 1.54) is 9.13 Å². The predicted octanol–water partition coefficient (Wildman–Crippen LogP) is 10.7. The summed E-state index contributed by atoms with van der Waals surface area (Å²) in [7, 11) is 0. The maximum atomic E-state index is 15.2. The first-order chi connectivity index (χ1) is 28.3. The van der Waals surface area contributed by atoms with Gasteiger partial charge in [-0.25, -0.2) is 14.1 Å². The number of nitrogens with zero attached hydrogens (tertiary/aromatic N) is 4. The van der Waals surface area contributed by atoms with E-state index in [1.54, 1.807) is 12.5 Å². The van der Waals surface area contributed by atoms with Crippen molar-refractivity contribution in [1.82, 2.24) is 18.5 Å². The van der Waals surface area contributed by atoms with E-state index in [1.807, 2.05) is 77.2 Å². The molecule has 0 saturated heterocycles. The first-order valence-electron chi connectivity index (χ1n) is 20.7. The zero-order valence-corrected chi connectivity index (χ0v) is 34.3. The third kappa shape index (κ3) is 4.36. The summed E-state index contributed by atoms with van der Waals surface area (Å²) in [5.41, 5.74) is 5.23. The van der Waals surface area contributed by atoms with Crippen LogP contribution in [0.3, 0.4) is 0 Å². The molecule has 0 N–H and O–H groups in total. The van der Waals surface area contributed by atoms with Crippen molar-refractivity contribution in [3.05, 3.63) is 149 Å².